The second kappa shape index (κ2) is 6.50. The van der Waals surface area contributed by atoms with Crippen LogP contribution in [0.2, 0.25) is 0 Å². The summed E-state index contributed by atoms with van der Waals surface area (Å²) in [5.41, 5.74) is -6.00. The number of alkyl halides is 3. The Bertz CT molecular complexity index is 956. The van der Waals surface area contributed by atoms with Crippen molar-refractivity contribution in [1.29, 1.82) is 0 Å². The molecule has 1 heterocycles. The number of nitrogens with one attached hydrogen (secondary N) is 1. The van der Waals surface area contributed by atoms with Crippen molar-refractivity contribution in [3.8, 4) is 11.5 Å². The Morgan fingerprint density at radius 3 is 2.22 bits per heavy atom. The molecule has 0 aliphatic carbocycles. The summed E-state index contributed by atoms with van der Waals surface area (Å²) in [5, 5.41) is 0. The van der Waals surface area contributed by atoms with Crippen molar-refractivity contribution in [1.82, 2.24) is 9.03 Å². The highest BCUT2D eigenvalue weighted by Gasteiger charge is 2.49. The molecule has 1 aromatic carbocycles. The van der Waals surface area contributed by atoms with Crippen LogP contribution in [0, 0.1) is 6.92 Å². The first kappa shape index (κ1) is 21.7. The number of aryl methyl sites for hydroxylation is 1. The second-order valence-corrected chi connectivity index (χ2v) is 10.2. The highest BCUT2D eigenvalue weighted by molar-refractivity contribution is 7.88. The van der Waals surface area contributed by atoms with Gasteiger partial charge in [-0.1, -0.05) is 13.8 Å². The first-order valence-electron chi connectivity index (χ1n) is 7.51. The molecule has 1 aromatic rings. The Hall–Kier alpha value is -1.57. The van der Waals surface area contributed by atoms with E-state index in [1.807, 2.05) is 0 Å². The molecule has 0 amide bonds. The number of benzene rings is 1. The first-order chi connectivity index (χ1) is 12.0. The Kier molecular flexibility index (Phi) is 5.23. The molecule has 8 nitrogen and oxygen atoms in total. The molecule has 154 valence electrons. The van der Waals surface area contributed by atoms with E-state index < -0.39 is 43.2 Å². The molecule has 0 radical (unpaired) electrons. The van der Waals surface area contributed by atoms with Crippen LogP contribution in [0.4, 0.5) is 13.2 Å². The van der Waals surface area contributed by atoms with Crippen molar-refractivity contribution in [2.45, 2.75) is 37.9 Å². The van der Waals surface area contributed by atoms with E-state index in [1.165, 1.54) is 21.0 Å². The Morgan fingerprint density at radius 1 is 1.19 bits per heavy atom. The number of fused-ring (bicyclic) bond motifs is 1. The van der Waals surface area contributed by atoms with Gasteiger partial charge in [0.15, 0.2) is 6.23 Å². The maximum absolute atomic E-state index is 12.6. The number of ether oxygens (including phenoxy) is 1. The lowest BCUT2D eigenvalue weighted by Crippen LogP contribution is -2.50. The fraction of sp³-hybridized carbons (Fsp3) is 0.571. The quantitative estimate of drug-likeness (QED) is 0.560. The molecule has 0 saturated carbocycles. The maximum atomic E-state index is 12.6. The molecule has 1 unspecified atom stereocenters. The molecule has 0 bridgehead atoms. The molecule has 0 spiro atoms. The van der Waals surface area contributed by atoms with E-state index in [-0.39, 0.29) is 5.75 Å². The molecule has 2 rings (SSSR count). The summed E-state index contributed by atoms with van der Waals surface area (Å²) < 4.78 is 97.4. The normalized spacial score (nSPS) is 19.7. The summed E-state index contributed by atoms with van der Waals surface area (Å²) in [6.07, 6.45) is -1.06. The molecule has 0 fully saturated rings. The minimum absolute atomic E-state index is 0.239. The van der Waals surface area contributed by atoms with Gasteiger partial charge in [-0.25, -0.2) is 0 Å². The molecule has 1 aliphatic heterocycles. The van der Waals surface area contributed by atoms with E-state index in [4.69, 9.17) is 4.74 Å². The molecule has 27 heavy (non-hydrogen) atoms. The molecular formula is C14H19F3N2O6S2. The van der Waals surface area contributed by atoms with Gasteiger partial charge in [-0.05, 0) is 24.6 Å². The van der Waals surface area contributed by atoms with Gasteiger partial charge in [0.25, 0.3) is 10.2 Å². The molecule has 0 aromatic heterocycles. The Morgan fingerprint density at radius 2 is 1.74 bits per heavy atom. The number of nitrogens with zero attached hydrogens (tertiary/aromatic N) is 1. The van der Waals surface area contributed by atoms with Gasteiger partial charge in [-0.3, -0.25) is 0 Å². The van der Waals surface area contributed by atoms with E-state index in [0.29, 0.717) is 11.1 Å². The number of hydrogen-bond donors (Lipinski definition) is 1. The Balaban J connectivity index is 2.44. The largest absolute Gasteiger partial charge is 0.534 e. The molecular weight excluding hydrogens is 413 g/mol. The molecule has 1 N–H and O–H groups in total. The summed E-state index contributed by atoms with van der Waals surface area (Å²) in [6.45, 7) is 4.68. The SMILES string of the molecule is Cc1cc(OS(=O)(=O)C(F)(F)F)cc2c1OC(NS(=O)(=O)N(C)C)C2(C)C. The lowest BCUT2D eigenvalue weighted by atomic mass is 9.84. The zero-order valence-electron chi connectivity index (χ0n) is 15.1. The minimum Gasteiger partial charge on any atom is -0.473 e. The molecule has 13 heteroatoms. The van der Waals surface area contributed by atoms with E-state index >= 15 is 0 Å². The van der Waals surface area contributed by atoms with E-state index in [0.717, 1.165) is 16.4 Å². The van der Waals surface area contributed by atoms with Crippen molar-refractivity contribution < 1.29 is 38.9 Å². The lowest BCUT2D eigenvalue weighted by molar-refractivity contribution is -0.0500. The van der Waals surface area contributed by atoms with Gasteiger partial charge in [0.1, 0.15) is 11.5 Å². The van der Waals surface area contributed by atoms with E-state index in [1.54, 1.807) is 13.8 Å². The first-order valence-corrected chi connectivity index (χ1v) is 10.4. The summed E-state index contributed by atoms with van der Waals surface area (Å²) in [5.74, 6) is -0.306. The van der Waals surface area contributed by atoms with E-state index in [9.17, 15) is 30.0 Å². The van der Waals surface area contributed by atoms with Crippen molar-refractivity contribution >= 4 is 20.3 Å². The van der Waals surface area contributed by atoms with Crippen LogP contribution in [0.25, 0.3) is 0 Å². The van der Waals surface area contributed by atoms with Crippen LogP contribution in [0.5, 0.6) is 11.5 Å². The standard InChI is InChI=1S/C14H19F3N2O6S2/c1-8-6-9(25-26(20,21)14(15,16)17)7-10-11(8)24-12(13(10,2)3)18-27(22,23)19(4)5/h6-7,12,18H,1-5H3. The zero-order valence-corrected chi connectivity index (χ0v) is 16.7. The van der Waals surface area contributed by atoms with Crippen LogP contribution in [0.3, 0.4) is 0 Å². The highest BCUT2D eigenvalue weighted by Crippen LogP contribution is 2.46. The third-order valence-electron chi connectivity index (χ3n) is 4.06. The van der Waals surface area contributed by atoms with Gasteiger partial charge in [-0.15, -0.1) is 0 Å². The number of halogens is 3. The van der Waals surface area contributed by atoms with Crippen molar-refractivity contribution in [2.24, 2.45) is 0 Å². The molecule has 1 atom stereocenters. The van der Waals surface area contributed by atoms with Crippen molar-refractivity contribution in [3.63, 3.8) is 0 Å². The number of rotatable bonds is 5. The fourth-order valence-corrected chi connectivity index (χ4v) is 3.68. The summed E-state index contributed by atoms with van der Waals surface area (Å²) >= 11 is 0. The molecule has 0 saturated heterocycles. The number of hydrogen-bond acceptors (Lipinski definition) is 6. The average molecular weight is 432 g/mol. The maximum Gasteiger partial charge on any atom is 0.534 e. The van der Waals surface area contributed by atoms with Gasteiger partial charge in [0.2, 0.25) is 0 Å². The van der Waals surface area contributed by atoms with Crippen molar-refractivity contribution in [2.75, 3.05) is 14.1 Å². The predicted octanol–water partition coefficient (Wildman–Crippen LogP) is 1.62. The minimum atomic E-state index is -5.83. The van der Waals surface area contributed by atoms with Crippen LogP contribution in [0.15, 0.2) is 12.1 Å². The Labute approximate surface area is 155 Å². The van der Waals surface area contributed by atoms with Crippen LogP contribution >= 0.6 is 0 Å². The monoisotopic (exact) mass is 432 g/mol. The van der Waals surface area contributed by atoms with E-state index in [2.05, 4.69) is 8.91 Å². The third kappa shape index (κ3) is 4.00. The van der Waals surface area contributed by atoms with Gasteiger partial charge in [0, 0.05) is 25.1 Å². The van der Waals surface area contributed by atoms with Crippen LogP contribution in [-0.4, -0.2) is 47.0 Å². The zero-order chi connectivity index (χ0) is 21.0. The average Bonchev–Trinajstić information content (AvgIpc) is 2.69. The predicted molar refractivity (Wildman–Crippen MR) is 90.0 cm³/mol. The third-order valence-corrected chi connectivity index (χ3v) is 6.51. The van der Waals surface area contributed by atoms with Gasteiger partial charge < -0.3 is 8.92 Å². The summed E-state index contributed by atoms with van der Waals surface area (Å²) in [7, 11) is -7.06. The van der Waals surface area contributed by atoms with Crippen LogP contribution < -0.4 is 13.6 Å². The van der Waals surface area contributed by atoms with Crippen LogP contribution in [0.1, 0.15) is 25.0 Å². The fourth-order valence-electron chi connectivity index (χ4n) is 2.42. The molecule has 1 aliphatic rings. The topological polar surface area (TPSA) is 102 Å². The van der Waals surface area contributed by atoms with Gasteiger partial charge in [-0.2, -0.15) is 39.0 Å². The highest BCUT2D eigenvalue weighted by atomic mass is 32.2. The second-order valence-electron chi connectivity index (χ2n) is 6.72. The van der Waals surface area contributed by atoms with Gasteiger partial charge >= 0.3 is 15.6 Å². The summed E-state index contributed by atoms with van der Waals surface area (Å²) in [6, 6.07) is 2.16. The lowest BCUT2D eigenvalue weighted by Gasteiger charge is -2.27. The smallest absolute Gasteiger partial charge is 0.473 e. The van der Waals surface area contributed by atoms with Crippen LogP contribution in [-0.2, 0) is 25.7 Å². The summed E-state index contributed by atoms with van der Waals surface area (Å²) in [4.78, 5) is 0. The van der Waals surface area contributed by atoms with Crippen molar-refractivity contribution in [3.05, 3.63) is 23.3 Å². The van der Waals surface area contributed by atoms with Gasteiger partial charge in [0.05, 0.1) is 0 Å².